The van der Waals surface area contributed by atoms with E-state index in [-0.39, 0.29) is 11.9 Å². The molecule has 0 unspecified atom stereocenters. The Bertz CT molecular complexity index is 1020. The van der Waals surface area contributed by atoms with Crippen molar-refractivity contribution in [2.45, 2.75) is 40.7 Å². The predicted molar refractivity (Wildman–Crippen MR) is 107 cm³/mol. The van der Waals surface area contributed by atoms with E-state index in [1.165, 1.54) is 0 Å². The molecule has 3 aromatic rings. The SMILES string of the molecule is Cc1cc(C(=O)NNC(=O)c2cc(C)n([C@H](C)c3ccccc3)c2C)c(C)o1. The molecule has 1 atom stereocenters. The van der Waals surface area contributed by atoms with Gasteiger partial charge in [-0.05, 0) is 52.3 Å². The average molecular weight is 379 g/mol. The van der Waals surface area contributed by atoms with E-state index < -0.39 is 5.91 Å². The zero-order chi connectivity index (χ0) is 20.4. The molecule has 6 heteroatoms. The molecule has 2 N–H and O–H groups in total. The van der Waals surface area contributed by atoms with Crippen molar-refractivity contribution in [3.05, 3.63) is 82.1 Å². The molecule has 2 heterocycles. The second-order valence-corrected chi connectivity index (χ2v) is 6.98. The molecule has 2 aromatic heterocycles. The molecule has 0 aliphatic carbocycles. The summed E-state index contributed by atoms with van der Waals surface area (Å²) in [5, 5.41) is 0. The maximum atomic E-state index is 12.7. The summed E-state index contributed by atoms with van der Waals surface area (Å²) in [6.45, 7) is 9.46. The Balaban J connectivity index is 1.76. The maximum Gasteiger partial charge on any atom is 0.273 e. The molecule has 0 saturated carbocycles. The van der Waals surface area contributed by atoms with Gasteiger partial charge in [0.05, 0.1) is 17.2 Å². The number of benzene rings is 1. The van der Waals surface area contributed by atoms with Crippen molar-refractivity contribution in [1.82, 2.24) is 15.4 Å². The number of rotatable bonds is 4. The van der Waals surface area contributed by atoms with Crippen LogP contribution >= 0.6 is 0 Å². The van der Waals surface area contributed by atoms with Crippen LogP contribution in [0.15, 0.2) is 46.9 Å². The number of hydrogen-bond donors (Lipinski definition) is 2. The Hall–Kier alpha value is -3.28. The molecule has 146 valence electrons. The van der Waals surface area contributed by atoms with Crippen molar-refractivity contribution in [3.63, 3.8) is 0 Å². The number of nitrogens with zero attached hydrogens (tertiary/aromatic N) is 1. The molecule has 2 amide bonds. The van der Waals surface area contributed by atoms with Crippen LogP contribution in [0, 0.1) is 27.7 Å². The fourth-order valence-electron chi connectivity index (χ4n) is 3.59. The van der Waals surface area contributed by atoms with E-state index in [0.717, 1.165) is 17.0 Å². The third kappa shape index (κ3) is 3.71. The van der Waals surface area contributed by atoms with E-state index in [0.29, 0.717) is 22.6 Å². The Kier molecular flexibility index (Phi) is 5.40. The molecule has 0 fully saturated rings. The summed E-state index contributed by atoms with van der Waals surface area (Å²) in [5.41, 5.74) is 8.88. The first kappa shape index (κ1) is 19.5. The zero-order valence-corrected chi connectivity index (χ0v) is 16.8. The monoisotopic (exact) mass is 379 g/mol. The van der Waals surface area contributed by atoms with Crippen LogP contribution in [0.1, 0.15) is 62.2 Å². The molecular formula is C22H25N3O3. The van der Waals surface area contributed by atoms with E-state index in [9.17, 15) is 9.59 Å². The zero-order valence-electron chi connectivity index (χ0n) is 16.8. The molecule has 1 aromatic carbocycles. The van der Waals surface area contributed by atoms with Crippen LogP contribution < -0.4 is 10.9 Å². The van der Waals surface area contributed by atoms with E-state index in [1.807, 2.05) is 38.1 Å². The number of hydrogen-bond acceptors (Lipinski definition) is 3. The normalized spacial score (nSPS) is 11.9. The van der Waals surface area contributed by atoms with Crippen LogP contribution in [0.3, 0.4) is 0 Å². The molecule has 0 spiro atoms. The fourth-order valence-corrected chi connectivity index (χ4v) is 3.59. The Morgan fingerprint density at radius 2 is 1.54 bits per heavy atom. The molecule has 0 bridgehead atoms. The van der Waals surface area contributed by atoms with Gasteiger partial charge in [0.15, 0.2) is 0 Å². The number of aromatic nitrogens is 1. The summed E-state index contributed by atoms with van der Waals surface area (Å²) in [5.74, 6) is 0.395. The van der Waals surface area contributed by atoms with Gasteiger partial charge < -0.3 is 8.98 Å². The molecule has 0 aliphatic heterocycles. The van der Waals surface area contributed by atoms with Crippen molar-refractivity contribution in [3.8, 4) is 0 Å². The number of aryl methyl sites for hydroxylation is 3. The highest BCUT2D eigenvalue weighted by molar-refractivity contribution is 6.00. The van der Waals surface area contributed by atoms with Crippen molar-refractivity contribution in [1.29, 1.82) is 0 Å². The molecular weight excluding hydrogens is 354 g/mol. The smallest absolute Gasteiger partial charge is 0.273 e. The lowest BCUT2D eigenvalue weighted by atomic mass is 10.1. The van der Waals surface area contributed by atoms with Gasteiger partial charge in [-0.3, -0.25) is 20.4 Å². The number of carbonyl (C=O) groups excluding carboxylic acids is 2. The van der Waals surface area contributed by atoms with Gasteiger partial charge in [-0.1, -0.05) is 30.3 Å². The molecule has 6 nitrogen and oxygen atoms in total. The summed E-state index contributed by atoms with van der Waals surface area (Å²) < 4.78 is 7.48. The molecule has 3 rings (SSSR count). The first-order valence-corrected chi connectivity index (χ1v) is 9.20. The quantitative estimate of drug-likeness (QED) is 0.673. The molecule has 0 saturated heterocycles. The third-order valence-electron chi connectivity index (χ3n) is 4.97. The molecule has 28 heavy (non-hydrogen) atoms. The van der Waals surface area contributed by atoms with Crippen LogP contribution in [0.5, 0.6) is 0 Å². The third-order valence-corrected chi connectivity index (χ3v) is 4.97. The first-order chi connectivity index (χ1) is 13.3. The Morgan fingerprint density at radius 1 is 0.929 bits per heavy atom. The Morgan fingerprint density at radius 3 is 2.11 bits per heavy atom. The standard InChI is InChI=1S/C22H25N3O3/c1-13-11-19(16(4)25(13)15(3)18-9-7-6-8-10-18)21(26)23-24-22(27)20-12-14(2)28-17(20)5/h6-12,15H,1-5H3,(H,23,26)(H,24,27)/t15-/m1/s1. The summed E-state index contributed by atoms with van der Waals surface area (Å²) in [6.07, 6.45) is 0. The van der Waals surface area contributed by atoms with Crippen molar-refractivity contribution in [2.75, 3.05) is 0 Å². The average Bonchev–Trinajstić information content (AvgIpc) is 3.17. The van der Waals surface area contributed by atoms with Crippen LogP contribution in [0.2, 0.25) is 0 Å². The van der Waals surface area contributed by atoms with Gasteiger partial charge in [-0.25, -0.2) is 0 Å². The molecule has 0 radical (unpaired) electrons. The van der Waals surface area contributed by atoms with Gasteiger partial charge >= 0.3 is 0 Å². The van der Waals surface area contributed by atoms with E-state index in [1.54, 1.807) is 19.9 Å². The second kappa shape index (κ2) is 7.76. The summed E-state index contributed by atoms with van der Waals surface area (Å²) in [6, 6.07) is 13.7. The van der Waals surface area contributed by atoms with Crippen LogP contribution in [0.25, 0.3) is 0 Å². The van der Waals surface area contributed by atoms with Gasteiger partial charge in [0.1, 0.15) is 11.5 Å². The van der Waals surface area contributed by atoms with Crippen molar-refractivity contribution in [2.24, 2.45) is 0 Å². The van der Waals surface area contributed by atoms with Crippen molar-refractivity contribution >= 4 is 11.8 Å². The maximum absolute atomic E-state index is 12.7. The lowest BCUT2D eigenvalue weighted by molar-refractivity contribution is 0.0845. The topological polar surface area (TPSA) is 76.3 Å². The van der Waals surface area contributed by atoms with Gasteiger partial charge in [-0.2, -0.15) is 0 Å². The van der Waals surface area contributed by atoms with Gasteiger partial charge in [0.25, 0.3) is 11.8 Å². The second-order valence-electron chi connectivity index (χ2n) is 6.98. The van der Waals surface area contributed by atoms with Crippen LogP contribution in [-0.2, 0) is 0 Å². The molecule has 0 aliphatic rings. The lowest BCUT2D eigenvalue weighted by Crippen LogP contribution is -2.41. The van der Waals surface area contributed by atoms with E-state index >= 15 is 0 Å². The predicted octanol–water partition coefficient (Wildman–Crippen LogP) is 4.00. The number of nitrogens with one attached hydrogen (secondary N) is 2. The van der Waals surface area contributed by atoms with E-state index in [2.05, 4.69) is 34.5 Å². The van der Waals surface area contributed by atoms with Gasteiger partial charge in [0, 0.05) is 11.4 Å². The van der Waals surface area contributed by atoms with E-state index in [4.69, 9.17) is 4.42 Å². The summed E-state index contributed by atoms with van der Waals surface area (Å²) >= 11 is 0. The number of amides is 2. The summed E-state index contributed by atoms with van der Waals surface area (Å²) in [4.78, 5) is 24.9. The van der Waals surface area contributed by atoms with Crippen LogP contribution in [-0.4, -0.2) is 16.4 Å². The Labute approximate surface area is 164 Å². The minimum Gasteiger partial charge on any atom is -0.466 e. The minimum atomic E-state index is -0.408. The number of hydrazine groups is 1. The fraction of sp³-hybridized carbons (Fsp3) is 0.273. The van der Waals surface area contributed by atoms with Crippen molar-refractivity contribution < 1.29 is 14.0 Å². The van der Waals surface area contributed by atoms with Crippen LogP contribution in [0.4, 0.5) is 0 Å². The first-order valence-electron chi connectivity index (χ1n) is 9.20. The highest BCUT2D eigenvalue weighted by atomic mass is 16.3. The van der Waals surface area contributed by atoms with Gasteiger partial charge in [-0.15, -0.1) is 0 Å². The number of carbonyl (C=O) groups is 2. The summed E-state index contributed by atoms with van der Waals surface area (Å²) in [7, 11) is 0. The highest BCUT2D eigenvalue weighted by Crippen LogP contribution is 2.25. The largest absolute Gasteiger partial charge is 0.466 e. The lowest BCUT2D eigenvalue weighted by Gasteiger charge is -2.19. The number of furan rings is 1. The van der Waals surface area contributed by atoms with Gasteiger partial charge in [0.2, 0.25) is 0 Å². The highest BCUT2D eigenvalue weighted by Gasteiger charge is 2.21. The minimum absolute atomic E-state index is 0.0916.